The monoisotopic (exact) mass is 150 g/mol. The van der Waals surface area contributed by atoms with E-state index in [0.717, 1.165) is 0 Å². The van der Waals surface area contributed by atoms with E-state index in [-0.39, 0.29) is 13.2 Å². The van der Waals surface area contributed by atoms with Crippen LogP contribution in [0.15, 0.2) is 0 Å². The molecule has 1 amide bonds. The van der Waals surface area contributed by atoms with Gasteiger partial charge in [0.15, 0.2) is 0 Å². The van der Waals surface area contributed by atoms with Crippen LogP contribution in [0.25, 0.3) is 0 Å². The van der Waals surface area contributed by atoms with Crippen LogP contribution in [0, 0.1) is 10.1 Å². The van der Waals surface area contributed by atoms with E-state index in [9.17, 15) is 14.9 Å². The first-order chi connectivity index (χ1) is 4.63. The predicted octanol–water partition coefficient (Wildman–Crippen LogP) is -0.710. The third kappa shape index (κ3) is 6.47. The Kier molecular flexibility index (Phi) is 3.69. The third-order valence-electron chi connectivity index (χ3n) is 0.524. The van der Waals surface area contributed by atoms with E-state index >= 15 is 0 Å². The number of primary amides is 1. The van der Waals surface area contributed by atoms with Crippen molar-refractivity contribution >= 4 is 6.09 Å². The van der Waals surface area contributed by atoms with Gasteiger partial charge in [-0.3, -0.25) is 0 Å². The fourth-order valence-corrected chi connectivity index (χ4v) is 0.254. The molecule has 58 valence electrons. The van der Waals surface area contributed by atoms with Gasteiger partial charge in [-0.25, -0.2) is 4.79 Å². The van der Waals surface area contributed by atoms with Crippen molar-refractivity contribution in [2.75, 3.05) is 13.2 Å². The van der Waals surface area contributed by atoms with E-state index in [4.69, 9.17) is 0 Å². The summed E-state index contributed by atoms with van der Waals surface area (Å²) in [7, 11) is 0. The van der Waals surface area contributed by atoms with Gasteiger partial charge in [0.2, 0.25) is 0 Å². The molecule has 0 saturated carbocycles. The molecule has 7 nitrogen and oxygen atoms in total. The summed E-state index contributed by atoms with van der Waals surface area (Å²) in [6.07, 6.45) is -0.980. The van der Waals surface area contributed by atoms with Crippen LogP contribution >= 0.6 is 0 Å². The Balaban J connectivity index is 3.06. The molecule has 0 atom stereocenters. The summed E-state index contributed by atoms with van der Waals surface area (Å²) in [4.78, 5) is 23.1. The van der Waals surface area contributed by atoms with E-state index in [0.29, 0.717) is 0 Å². The van der Waals surface area contributed by atoms with E-state index in [1.165, 1.54) is 0 Å². The molecule has 2 N–H and O–H groups in total. The van der Waals surface area contributed by atoms with Crippen molar-refractivity contribution in [2.45, 2.75) is 0 Å². The van der Waals surface area contributed by atoms with Gasteiger partial charge < -0.3 is 15.3 Å². The number of amides is 1. The molecule has 7 heteroatoms. The zero-order valence-corrected chi connectivity index (χ0v) is 4.98. The molecule has 10 heavy (non-hydrogen) atoms. The number of nitrogens with zero attached hydrogens (tertiary/aromatic N) is 1. The predicted molar refractivity (Wildman–Crippen MR) is 28.5 cm³/mol. The maximum absolute atomic E-state index is 9.82. The Morgan fingerprint density at radius 1 is 1.60 bits per heavy atom. The van der Waals surface area contributed by atoms with E-state index < -0.39 is 11.2 Å². The molecule has 0 unspecified atom stereocenters. The zero-order chi connectivity index (χ0) is 7.98. The molecule has 0 aromatic heterocycles. The van der Waals surface area contributed by atoms with Gasteiger partial charge in [0, 0.05) is 0 Å². The molecule has 0 aliphatic heterocycles. The summed E-state index contributed by atoms with van der Waals surface area (Å²) in [6, 6.07) is 0. The fourth-order valence-electron chi connectivity index (χ4n) is 0.254. The average Bonchev–Trinajstić information content (AvgIpc) is 1.79. The molecule has 0 heterocycles. The molecule has 0 aromatic carbocycles. The zero-order valence-electron chi connectivity index (χ0n) is 4.98. The largest absolute Gasteiger partial charge is 0.448 e. The van der Waals surface area contributed by atoms with Gasteiger partial charge in [0.25, 0.3) is 5.09 Å². The molecule has 0 radical (unpaired) electrons. The minimum Gasteiger partial charge on any atom is -0.448 e. The van der Waals surface area contributed by atoms with E-state index in [1.807, 2.05) is 0 Å². The number of hydrogen-bond acceptors (Lipinski definition) is 5. The Hall–Kier alpha value is -1.53. The Labute approximate surface area is 55.8 Å². The first-order valence-electron chi connectivity index (χ1n) is 2.32. The van der Waals surface area contributed by atoms with Crippen molar-refractivity contribution in [1.29, 1.82) is 0 Å². The first kappa shape index (κ1) is 8.47. The van der Waals surface area contributed by atoms with Gasteiger partial charge in [-0.15, -0.1) is 10.1 Å². The molecular weight excluding hydrogens is 144 g/mol. The highest BCUT2D eigenvalue weighted by molar-refractivity contribution is 5.64. The molecular formula is C3H6N2O5. The van der Waals surface area contributed by atoms with Crippen LogP contribution in [0.4, 0.5) is 4.79 Å². The highest BCUT2D eigenvalue weighted by Crippen LogP contribution is 1.77. The van der Waals surface area contributed by atoms with E-state index in [1.54, 1.807) is 0 Å². The number of carbonyl (C=O) groups is 1. The van der Waals surface area contributed by atoms with Crippen LogP contribution in [0.3, 0.4) is 0 Å². The lowest BCUT2D eigenvalue weighted by atomic mass is 10.8. The van der Waals surface area contributed by atoms with Gasteiger partial charge in [-0.05, 0) is 0 Å². The molecule has 0 aliphatic rings. The second-order valence-electron chi connectivity index (χ2n) is 1.22. The van der Waals surface area contributed by atoms with Crippen LogP contribution in [-0.4, -0.2) is 24.4 Å². The van der Waals surface area contributed by atoms with Gasteiger partial charge in [0.1, 0.15) is 13.2 Å². The minimum absolute atomic E-state index is 0.212. The SMILES string of the molecule is NC(=O)OCCO[N+](=O)[O-]. The lowest BCUT2D eigenvalue weighted by molar-refractivity contribution is -0.757. The first-order valence-corrected chi connectivity index (χ1v) is 2.32. The quantitative estimate of drug-likeness (QED) is 0.323. The van der Waals surface area contributed by atoms with Crippen LogP contribution in [0.2, 0.25) is 0 Å². The van der Waals surface area contributed by atoms with Crippen LogP contribution in [-0.2, 0) is 9.57 Å². The highest BCUT2D eigenvalue weighted by atomic mass is 17.0. The number of hydrogen-bond donors (Lipinski definition) is 1. The number of ether oxygens (including phenoxy) is 1. The Morgan fingerprint density at radius 2 is 2.20 bits per heavy atom. The molecule has 0 saturated heterocycles. The lowest BCUT2D eigenvalue weighted by Crippen LogP contribution is -2.17. The van der Waals surface area contributed by atoms with Gasteiger partial charge in [0.05, 0.1) is 0 Å². The Morgan fingerprint density at radius 3 is 2.60 bits per heavy atom. The molecule has 0 fully saturated rings. The second kappa shape index (κ2) is 4.36. The van der Waals surface area contributed by atoms with Crippen LogP contribution in [0.1, 0.15) is 0 Å². The van der Waals surface area contributed by atoms with Gasteiger partial charge >= 0.3 is 6.09 Å². The number of rotatable bonds is 4. The highest BCUT2D eigenvalue weighted by Gasteiger charge is 1.95. The Bertz CT molecular complexity index is 119. The maximum Gasteiger partial charge on any atom is 0.404 e. The topological polar surface area (TPSA) is 105 Å². The molecule has 0 spiro atoms. The lowest BCUT2D eigenvalue weighted by Gasteiger charge is -1.97. The molecule has 0 bridgehead atoms. The second-order valence-corrected chi connectivity index (χ2v) is 1.22. The standard InChI is InChI=1S/C3H6N2O5/c4-3(6)9-1-2-10-5(7)8/h1-2H2,(H2,4,6). The maximum atomic E-state index is 9.82. The number of carbonyl (C=O) groups excluding carboxylic acids is 1. The normalized spacial score (nSPS) is 8.40. The van der Waals surface area contributed by atoms with Crippen molar-refractivity contribution in [3.8, 4) is 0 Å². The summed E-state index contributed by atoms with van der Waals surface area (Å²) < 4.78 is 4.10. The van der Waals surface area contributed by atoms with Gasteiger partial charge in [-0.2, -0.15) is 0 Å². The van der Waals surface area contributed by atoms with Crippen molar-refractivity contribution < 1.29 is 19.5 Å². The van der Waals surface area contributed by atoms with Gasteiger partial charge in [-0.1, -0.05) is 0 Å². The van der Waals surface area contributed by atoms with E-state index in [2.05, 4.69) is 15.3 Å². The average molecular weight is 150 g/mol. The fraction of sp³-hybridized carbons (Fsp3) is 0.667. The summed E-state index contributed by atoms with van der Waals surface area (Å²) in [5.41, 5.74) is 4.52. The van der Waals surface area contributed by atoms with Crippen LogP contribution in [0.5, 0.6) is 0 Å². The summed E-state index contributed by atoms with van der Waals surface area (Å²) in [5.74, 6) is 0. The smallest absolute Gasteiger partial charge is 0.404 e. The van der Waals surface area contributed by atoms with Crippen molar-refractivity contribution in [2.24, 2.45) is 5.73 Å². The summed E-state index contributed by atoms with van der Waals surface area (Å²) in [5, 5.41) is 8.47. The van der Waals surface area contributed by atoms with Crippen molar-refractivity contribution in [3.05, 3.63) is 10.1 Å². The molecule has 0 aromatic rings. The summed E-state index contributed by atoms with van der Waals surface area (Å²) >= 11 is 0. The number of nitrogens with two attached hydrogens (primary N) is 1. The van der Waals surface area contributed by atoms with Crippen molar-refractivity contribution in [3.63, 3.8) is 0 Å². The summed E-state index contributed by atoms with van der Waals surface area (Å²) in [6.45, 7) is -0.508. The molecule has 0 aliphatic carbocycles. The minimum atomic E-state index is -0.982. The van der Waals surface area contributed by atoms with Crippen LogP contribution < -0.4 is 5.73 Å². The third-order valence-corrected chi connectivity index (χ3v) is 0.524. The van der Waals surface area contributed by atoms with Crippen molar-refractivity contribution in [1.82, 2.24) is 0 Å². The molecule has 0 rings (SSSR count).